The topological polar surface area (TPSA) is 140 Å². The Morgan fingerprint density at radius 1 is 1.02 bits per heavy atom. The van der Waals surface area contributed by atoms with Crippen molar-refractivity contribution in [1.82, 2.24) is 25.3 Å². The zero-order valence-corrected chi connectivity index (χ0v) is 24.7. The molecule has 0 radical (unpaired) electrons. The summed E-state index contributed by atoms with van der Waals surface area (Å²) in [6.45, 7) is 0.745. The summed E-state index contributed by atoms with van der Waals surface area (Å²) in [7, 11) is 0. The highest BCUT2D eigenvalue weighted by Gasteiger charge is 2.46. The lowest BCUT2D eigenvalue weighted by Crippen LogP contribution is -2.54. The van der Waals surface area contributed by atoms with E-state index in [1.165, 1.54) is 6.07 Å². The normalized spacial score (nSPS) is 16.3. The monoisotopic (exact) mass is 633 g/mol. The summed E-state index contributed by atoms with van der Waals surface area (Å²) in [5.41, 5.74) is 2.05. The fourth-order valence-electron chi connectivity index (χ4n) is 5.37. The molecule has 1 saturated heterocycles. The van der Waals surface area contributed by atoms with Crippen molar-refractivity contribution < 1.29 is 28.7 Å². The summed E-state index contributed by atoms with van der Waals surface area (Å²) in [4.78, 5) is 64.1. The van der Waals surface area contributed by atoms with Crippen LogP contribution < -0.4 is 15.4 Å². The second kappa shape index (κ2) is 12.1. The van der Waals surface area contributed by atoms with Crippen LogP contribution in [0.4, 0.5) is 0 Å². The molecule has 1 fully saturated rings. The summed E-state index contributed by atoms with van der Waals surface area (Å²) in [6, 6.07) is 16.2. The Labute approximate surface area is 261 Å². The Balaban J connectivity index is 1.08. The van der Waals surface area contributed by atoms with Crippen LogP contribution in [-0.4, -0.2) is 63.4 Å². The highest BCUT2D eigenvalue weighted by atomic mass is 35.5. The molecule has 3 heterocycles. The molecule has 2 aliphatic rings. The number of rotatable bonds is 9. The Morgan fingerprint density at radius 2 is 1.84 bits per heavy atom. The van der Waals surface area contributed by atoms with Gasteiger partial charge in [-0.15, -0.1) is 0 Å². The summed E-state index contributed by atoms with van der Waals surface area (Å²) in [6.07, 6.45) is 0.494. The van der Waals surface area contributed by atoms with Crippen LogP contribution in [-0.2, 0) is 16.1 Å². The minimum absolute atomic E-state index is 0.0334. The number of nitrogens with zero attached hydrogens (tertiary/aromatic N) is 3. The van der Waals surface area contributed by atoms with Gasteiger partial charge in [-0.05, 0) is 48.7 Å². The Kier molecular flexibility index (Phi) is 8.07. The van der Waals surface area contributed by atoms with Gasteiger partial charge in [0.25, 0.3) is 17.7 Å². The molecule has 0 spiro atoms. The first-order valence-corrected chi connectivity index (χ1v) is 14.6. The first kappa shape index (κ1) is 29.3. The molecule has 0 bridgehead atoms. The predicted molar refractivity (Wildman–Crippen MR) is 161 cm³/mol. The zero-order valence-electron chi connectivity index (χ0n) is 23.1. The van der Waals surface area contributed by atoms with E-state index in [1.54, 1.807) is 28.9 Å². The first-order valence-electron chi connectivity index (χ1n) is 13.9. The summed E-state index contributed by atoms with van der Waals surface area (Å²) in [5.74, 6) is -2.53. The van der Waals surface area contributed by atoms with Crippen LogP contribution in [0, 0.1) is 0 Å². The van der Waals surface area contributed by atoms with Gasteiger partial charge in [0.2, 0.25) is 11.8 Å². The van der Waals surface area contributed by atoms with Crippen LogP contribution in [0.5, 0.6) is 5.75 Å². The maximum atomic E-state index is 13.2. The molecular weight excluding hydrogens is 609 g/mol. The number of piperidine rings is 1. The number of imide groups is 2. The van der Waals surface area contributed by atoms with Gasteiger partial charge < -0.3 is 10.1 Å². The molecule has 13 heteroatoms. The average Bonchev–Trinajstić information content (AvgIpc) is 3.49. The molecular formula is C31H25Cl2N5O6. The van der Waals surface area contributed by atoms with Crippen molar-refractivity contribution in [3.63, 3.8) is 0 Å². The molecule has 11 nitrogen and oxygen atoms in total. The predicted octanol–water partition coefficient (Wildman–Crippen LogP) is 3.99. The summed E-state index contributed by atoms with van der Waals surface area (Å²) in [5, 5.41) is 11.3. The molecule has 3 aromatic carbocycles. The quantitative estimate of drug-likeness (QED) is 0.210. The Morgan fingerprint density at radius 3 is 2.64 bits per heavy atom. The van der Waals surface area contributed by atoms with Gasteiger partial charge in [0.15, 0.2) is 5.69 Å². The van der Waals surface area contributed by atoms with Crippen molar-refractivity contribution in [3.05, 3.63) is 93.1 Å². The molecule has 2 aliphatic heterocycles. The molecule has 5 amide bonds. The smallest absolute Gasteiger partial charge is 0.272 e. The maximum absolute atomic E-state index is 13.2. The first-order chi connectivity index (χ1) is 21.2. The van der Waals surface area contributed by atoms with Crippen molar-refractivity contribution in [2.24, 2.45) is 0 Å². The molecule has 1 atom stereocenters. The van der Waals surface area contributed by atoms with Crippen LogP contribution in [0.25, 0.3) is 10.9 Å². The van der Waals surface area contributed by atoms with Gasteiger partial charge in [-0.25, -0.2) is 0 Å². The minimum atomic E-state index is -1.06. The Bertz CT molecular complexity index is 1850. The molecule has 224 valence electrons. The van der Waals surface area contributed by atoms with Gasteiger partial charge in [-0.2, -0.15) is 5.10 Å². The number of carbonyl (C=O) groups is 5. The highest BCUT2D eigenvalue weighted by Crippen LogP contribution is 2.33. The third-order valence-corrected chi connectivity index (χ3v) is 8.09. The van der Waals surface area contributed by atoms with Gasteiger partial charge in [0.1, 0.15) is 11.8 Å². The minimum Gasteiger partial charge on any atom is -0.493 e. The molecule has 1 unspecified atom stereocenters. The number of benzene rings is 3. The number of para-hydroxylation sites is 1. The number of hydrogen-bond donors (Lipinski definition) is 2. The number of hydrogen-bond acceptors (Lipinski definition) is 7. The molecule has 2 N–H and O–H groups in total. The van der Waals surface area contributed by atoms with Crippen molar-refractivity contribution in [3.8, 4) is 5.75 Å². The SMILES string of the molecule is O=C1CCC(N2C(=O)c3cccc(OCCCNC(=O)c4nn(Cc5ccc(Cl)cc5Cl)c5ccccc45)c3C2=O)C(=O)N1. The van der Waals surface area contributed by atoms with Crippen molar-refractivity contribution in [2.75, 3.05) is 13.2 Å². The van der Waals surface area contributed by atoms with Gasteiger partial charge in [0.05, 0.1) is 29.8 Å². The largest absolute Gasteiger partial charge is 0.493 e. The maximum Gasteiger partial charge on any atom is 0.272 e. The lowest BCUT2D eigenvalue weighted by atomic mass is 10.0. The third kappa shape index (κ3) is 5.51. The fraction of sp³-hybridized carbons (Fsp3) is 0.226. The van der Waals surface area contributed by atoms with Gasteiger partial charge in [-0.3, -0.25) is 38.9 Å². The lowest BCUT2D eigenvalue weighted by molar-refractivity contribution is -0.136. The standard InChI is InChI=1S/C31H25Cl2N5O6/c32-18-10-9-17(21(33)15-18)16-37-22-7-2-1-5-19(22)27(36-37)29(41)34-13-4-14-44-24-8-3-6-20-26(24)31(43)38(30(20)42)23-11-12-25(39)35-28(23)40/h1-3,5-10,15,23H,4,11-14,16H2,(H,34,41)(H,35,39,40). The van der Waals surface area contributed by atoms with E-state index < -0.39 is 29.7 Å². The second-order valence-corrected chi connectivity index (χ2v) is 11.2. The number of aromatic nitrogens is 2. The summed E-state index contributed by atoms with van der Waals surface area (Å²) >= 11 is 12.4. The lowest BCUT2D eigenvalue weighted by Gasteiger charge is -2.27. The van der Waals surface area contributed by atoms with Gasteiger partial charge >= 0.3 is 0 Å². The molecule has 44 heavy (non-hydrogen) atoms. The molecule has 4 aromatic rings. The van der Waals surface area contributed by atoms with Gasteiger partial charge in [-0.1, -0.05) is 53.5 Å². The van der Waals surface area contributed by atoms with E-state index in [1.807, 2.05) is 30.3 Å². The zero-order chi connectivity index (χ0) is 31.0. The van der Waals surface area contributed by atoms with E-state index in [2.05, 4.69) is 15.7 Å². The number of nitrogens with one attached hydrogen (secondary N) is 2. The van der Waals surface area contributed by atoms with E-state index in [9.17, 15) is 24.0 Å². The summed E-state index contributed by atoms with van der Waals surface area (Å²) < 4.78 is 7.56. The fourth-order valence-corrected chi connectivity index (χ4v) is 5.84. The van der Waals surface area contributed by atoms with Crippen LogP contribution in [0.2, 0.25) is 10.0 Å². The van der Waals surface area contributed by atoms with Crippen LogP contribution in [0.15, 0.2) is 60.7 Å². The van der Waals surface area contributed by atoms with E-state index in [-0.39, 0.29) is 54.5 Å². The number of halogens is 2. The number of ether oxygens (including phenoxy) is 1. The van der Waals surface area contributed by atoms with Crippen LogP contribution in [0.3, 0.4) is 0 Å². The van der Waals surface area contributed by atoms with E-state index in [0.717, 1.165) is 16.0 Å². The second-order valence-electron chi connectivity index (χ2n) is 10.3. The molecule has 0 saturated carbocycles. The third-order valence-electron chi connectivity index (χ3n) is 7.50. The molecule has 0 aliphatic carbocycles. The Hall–Kier alpha value is -4.74. The molecule has 1 aromatic heterocycles. The molecule has 6 rings (SSSR count). The van der Waals surface area contributed by atoms with Crippen molar-refractivity contribution >= 4 is 63.6 Å². The van der Waals surface area contributed by atoms with Crippen LogP contribution >= 0.6 is 23.2 Å². The highest BCUT2D eigenvalue weighted by molar-refractivity contribution is 6.35. The van der Waals surface area contributed by atoms with E-state index in [0.29, 0.717) is 28.4 Å². The van der Waals surface area contributed by atoms with E-state index >= 15 is 0 Å². The van der Waals surface area contributed by atoms with Gasteiger partial charge in [0, 0.05) is 28.4 Å². The van der Waals surface area contributed by atoms with Crippen LogP contribution in [0.1, 0.15) is 56.0 Å². The average molecular weight is 634 g/mol. The number of fused-ring (bicyclic) bond motifs is 2. The van der Waals surface area contributed by atoms with Crippen molar-refractivity contribution in [1.29, 1.82) is 0 Å². The number of carbonyl (C=O) groups excluding carboxylic acids is 5. The number of amides is 5. The van der Waals surface area contributed by atoms with Crippen molar-refractivity contribution in [2.45, 2.75) is 31.8 Å². The van der Waals surface area contributed by atoms with E-state index in [4.69, 9.17) is 27.9 Å².